The molecular formula is C16H19NO3S. The number of nitrogens with zero attached hydrogens (tertiary/aromatic N) is 1. The molecule has 0 unspecified atom stereocenters. The van der Waals surface area contributed by atoms with Crippen LogP contribution in [0.3, 0.4) is 0 Å². The van der Waals surface area contributed by atoms with Crippen LogP contribution in [0.1, 0.15) is 18.4 Å². The zero-order valence-electron chi connectivity index (χ0n) is 11.9. The van der Waals surface area contributed by atoms with Gasteiger partial charge in [-0.15, -0.1) is 0 Å². The third-order valence-electron chi connectivity index (χ3n) is 4.02. The van der Waals surface area contributed by atoms with E-state index in [-0.39, 0.29) is 17.9 Å². The molecule has 0 spiro atoms. The predicted octanol–water partition coefficient (Wildman–Crippen LogP) is 2.72. The maximum absolute atomic E-state index is 12.6. The summed E-state index contributed by atoms with van der Waals surface area (Å²) >= 11 is 1.80. The Morgan fingerprint density at radius 3 is 2.86 bits per heavy atom. The van der Waals surface area contributed by atoms with Crippen molar-refractivity contribution in [1.82, 2.24) is 4.90 Å². The quantitative estimate of drug-likeness (QED) is 0.861. The lowest BCUT2D eigenvalue weighted by molar-refractivity contribution is -0.133. The van der Waals surface area contributed by atoms with Crippen LogP contribution >= 0.6 is 11.8 Å². The second-order valence-corrected chi connectivity index (χ2v) is 6.69. The molecule has 2 atom stereocenters. The average Bonchev–Trinajstić information content (AvgIpc) is 2.89. The largest absolute Gasteiger partial charge is 0.447 e. The zero-order chi connectivity index (χ0) is 14.7. The highest BCUT2D eigenvalue weighted by Gasteiger charge is 2.40. The van der Waals surface area contributed by atoms with Crippen molar-refractivity contribution in [3.05, 3.63) is 35.9 Å². The molecule has 2 fully saturated rings. The number of hydrogen-bond acceptors (Lipinski definition) is 4. The van der Waals surface area contributed by atoms with Crippen LogP contribution in [-0.4, -0.2) is 41.1 Å². The maximum Gasteiger partial charge on any atom is 0.416 e. The smallest absolute Gasteiger partial charge is 0.416 e. The SMILES string of the molecule is O=C1OC[C@H](Cc2ccccc2)N1C(=O)[C@H]1CCCSC1. The van der Waals surface area contributed by atoms with Gasteiger partial charge in [0, 0.05) is 11.7 Å². The summed E-state index contributed by atoms with van der Waals surface area (Å²) in [6.45, 7) is 0.305. The number of imide groups is 1. The van der Waals surface area contributed by atoms with Crippen molar-refractivity contribution < 1.29 is 14.3 Å². The fourth-order valence-corrected chi connectivity index (χ4v) is 4.03. The Hall–Kier alpha value is -1.49. The van der Waals surface area contributed by atoms with Crippen molar-refractivity contribution in [1.29, 1.82) is 0 Å². The Labute approximate surface area is 128 Å². The molecule has 2 aliphatic rings. The molecule has 1 aromatic rings. The van der Waals surface area contributed by atoms with E-state index in [2.05, 4.69) is 0 Å². The van der Waals surface area contributed by atoms with E-state index in [4.69, 9.17) is 4.74 Å². The van der Waals surface area contributed by atoms with Crippen LogP contribution in [0.4, 0.5) is 4.79 Å². The summed E-state index contributed by atoms with van der Waals surface area (Å²) in [5, 5.41) is 0. The Morgan fingerprint density at radius 1 is 1.33 bits per heavy atom. The van der Waals surface area contributed by atoms with Crippen LogP contribution in [0.25, 0.3) is 0 Å². The van der Waals surface area contributed by atoms with Gasteiger partial charge in [0.15, 0.2) is 0 Å². The van der Waals surface area contributed by atoms with E-state index in [1.807, 2.05) is 30.3 Å². The summed E-state index contributed by atoms with van der Waals surface area (Å²) in [7, 11) is 0. The third-order valence-corrected chi connectivity index (χ3v) is 5.24. The number of cyclic esters (lactones) is 1. The topological polar surface area (TPSA) is 46.6 Å². The average molecular weight is 305 g/mol. The van der Waals surface area contributed by atoms with Crippen molar-refractivity contribution in [2.75, 3.05) is 18.1 Å². The van der Waals surface area contributed by atoms with Gasteiger partial charge in [0.05, 0.1) is 6.04 Å². The van der Waals surface area contributed by atoms with E-state index in [9.17, 15) is 9.59 Å². The molecule has 2 aliphatic heterocycles. The fraction of sp³-hybridized carbons (Fsp3) is 0.500. The van der Waals surface area contributed by atoms with Crippen LogP contribution in [0.15, 0.2) is 30.3 Å². The summed E-state index contributed by atoms with van der Waals surface area (Å²) in [6.07, 6.45) is 2.12. The lowest BCUT2D eigenvalue weighted by atomic mass is 10.0. The van der Waals surface area contributed by atoms with Crippen LogP contribution < -0.4 is 0 Å². The molecule has 0 radical (unpaired) electrons. The number of ether oxygens (including phenoxy) is 1. The Kier molecular flexibility index (Phi) is 4.48. The van der Waals surface area contributed by atoms with Gasteiger partial charge in [-0.05, 0) is 30.6 Å². The molecule has 0 aliphatic carbocycles. The van der Waals surface area contributed by atoms with Crippen LogP contribution in [0, 0.1) is 5.92 Å². The van der Waals surface area contributed by atoms with E-state index >= 15 is 0 Å². The van der Waals surface area contributed by atoms with E-state index in [0.717, 1.165) is 29.9 Å². The second kappa shape index (κ2) is 6.52. The summed E-state index contributed by atoms with van der Waals surface area (Å²) in [6, 6.07) is 9.76. The first-order valence-electron chi connectivity index (χ1n) is 7.37. The van der Waals surface area contributed by atoms with Crippen molar-refractivity contribution in [2.24, 2.45) is 5.92 Å². The van der Waals surface area contributed by atoms with Crippen molar-refractivity contribution in [2.45, 2.75) is 25.3 Å². The first-order chi connectivity index (χ1) is 10.3. The number of carbonyl (C=O) groups is 2. The van der Waals surface area contributed by atoms with Gasteiger partial charge in [0.25, 0.3) is 0 Å². The fourth-order valence-electron chi connectivity index (χ4n) is 2.90. The first kappa shape index (κ1) is 14.4. The number of hydrogen-bond donors (Lipinski definition) is 0. The minimum atomic E-state index is -0.475. The monoisotopic (exact) mass is 305 g/mol. The third kappa shape index (κ3) is 3.23. The molecule has 2 heterocycles. The standard InChI is InChI=1S/C16H19NO3S/c18-15(13-7-4-8-21-11-13)17-14(10-20-16(17)19)9-12-5-2-1-3-6-12/h1-3,5-6,13-14H,4,7-11H2/t13-,14-/m0/s1. The molecule has 2 amide bonds. The number of amides is 2. The molecule has 1 aromatic carbocycles. The van der Waals surface area contributed by atoms with Gasteiger partial charge >= 0.3 is 6.09 Å². The van der Waals surface area contributed by atoms with E-state index < -0.39 is 6.09 Å². The summed E-state index contributed by atoms with van der Waals surface area (Å²) in [5.41, 5.74) is 1.12. The molecule has 4 nitrogen and oxygen atoms in total. The normalized spacial score (nSPS) is 25.7. The van der Waals surface area contributed by atoms with Gasteiger partial charge in [0.2, 0.25) is 5.91 Å². The molecule has 0 bridgehead atoms. The highest BCUT2D eigenvalue weighted by molar-refractivity contribution is 7.99. The molecule has 3 rings (SSSR count). The summed E-state index contributed by atoms with van der Waals surface area (Å²) in [5.74, 6) is 1.85. The minimum absolute atomic E-state index is 0.0346. The van der Waals surface area contributed by atoms with Gasteiger partial charge < -0.3 is 4.74 Å². The summed E-state index contributed by atoms with van der Waals surface area (Å²) < 4.78 is 5.12. The lowest BCUT2D eigenvalue weighted by Gasteiger charge is -2.26. The summed E-state index contributed by atoms with van der Waals surface area (Å²) in [4.78, 5) is 25.9. The van der Waals surface area contributed by atoms with Crippen LogP contribution in [0.2, 0.25) is 0 Å². The Bertz CT molecular complexity index is 514. The minimum Gasteiger partial charge on any atom is -0.447 e. The molecule has 112 valence electrons. The predicted molar refractivity (Wildman–Crippen MR) is 82.2 cm³/mol. The first-order valence-corrected chi connectivity index (χ1v) is 8.52. The highest BCUT2D eigenvalue weighted by Crippen LogP contribution is 2.27. The van der Waals surface area contributed by atoms with Gasteiger partial charge in [-0.2, -0.15) is 11.8 Å². The number of rotatable bonds is 3. The second-order valence-electron chi connectivity index (χ2n) is 5.54. The Balaban J connectivity index is 1.71. The molecule has 5 heteroatoms. The molecule has 0 aromatic heterocycles. The van der Waals surface area contributed by atoms with Crippen molar-refractivity contribution in [3.8, 4) is 0 Å². The number of benzene rings is 1. The lowest BCUT2D eigenvalue weighted by Crippen LogP contribution is -2.44. The molecular weight excluding hydrogens is 286 g/mol. The molecule has 0 N–H and O–H groups in total. The molecule has 0 saturated carbocycles. The van der Waals surface area contributed by atoms with Gasteiger partial charge in [-0.25, -0.2) is 9.69 Å². The van der Waals surface area contributed by atoms with Gasteiger partial charge in [-0.3, -0.25) is 4.79 Å². The molecule has 2 saturated heterocycles. The zero-order valence-corrected chi connectivity index (χ0v) is 12.7. The molecule has 21 heavy (non-hydrogen) atoms. The van der Waals surface area contributed by atoms with Crippen molar-refractivity contribution >= 4 is 23.8 Å². The van der Waals surface area contributed by atoms with E-state index in [1.54, 1.807) is 11.8 Å². The number of carbonyl (C=O) groups excluding carboxylic acids is 2. The van der Waals surface area contributed by atoms with Gasteiger partial charge in [-0.1, -0.05) is 30.3 Å². The highest BCUT2D eigenvalue weighted by atomic mass is 32.2. The van der Waals surface area contributed by atoms with Crippen molar-refractivity contribution in [3.63, 3.8) is 0 Å². The number of thioether (sulfide) groups is 1. The van der Waals surface area contributed by atoms with E-state index in [1.165, 1.54) is 4.90 Å². The van der Waals surface area contributed by atoms with Crippen LogP contribution in [0.5, 0.6) is 0 Å². The van der Waals surface area contributed by atoms with E-state index in [0.29, 0.717) is 13.0 Å². The maximum atomic E-state index is 12.6. The Morgan fingerprint density at radius 2 is 2.14 bits per heavy atom. The van der Waals surface area contributed by atoms with Crippen LogP contribution in [-0.2, 0) is 16.0 Å². The van der Waals surface area contributed by atoms with Gasteiger partial charge in [0.1, 0.15) is 6.61 Å².